The van der Waals surface area contributed by atoms with E-state index in [0.29, 0.717) is 6.42 Å². The Hall–Kier alpha value is -0.840. The molecule has 0 saturated carbocycles. The second kappa shape index (κ2) is 6.03. The summed E-state index contributed by atoms with van der Waals surface area (Å²) in [6, 6.07) is 3.92. The van der Waals surface area contributed by atoms with Crippen molar-refractivity contribution in [3.8, 4) is 0 Å². The molecule has 1 atom stereocenters. The van der Waals surface area contributed by atoms with Gasteiger partial charge in [-0.3, -0.25) is 0 Å². The third-order valence-corrected chi connectivity index (χ3v) is 2.92. The zero-order valence-corrected chi connectivity index (χ0v) is 9.94. The second-order valence-corrected chi connectivity index (χ2v) is 4.28. The lowest BCUT2D eigenvalue weighted by molar-refractivity contribution is 0.0787. The minimum absolute atomic E-state index is 0.0670. The summed E-state index contributed by atoms with van der Waals surface area (Å²) >= 11 is 0. The first kappa shape index (κ1) is 13.2. The van der Waals surface area contributed by atoms with Crippen LogP contribution in [0, 0.1) is 0 Å². The molecule has 0 amide bonds. The van der Waals surface area contributed by atoms with Gasteiger partial charge in [0.15, 0.2) is 0 Å². The Morgan fingerprint density at radius 3 is 2.56 bits per heavy atom. The van der Waals surface area contributed by atoms with Crippen LogP contribution in [0.3, 0.4) is 0 Å². The highest BCUT2D eigenvalue weighted by Crippen LogP contribution is 2.12. The number of hydrogen-bond acceptors (Lipinski definition) is 4. The summed E-state index contributed by atoms with van der Waals surface area (Å²) in [5, 5.41) is 21.9. The molecule has 0 aromatic carbocycles. The van der Waals surface area contributed by atoms with Crippen LogP contribution in [0.5, 0.6) is 0 Å². The monoisotopic (exact) mass is 227 g/mol. The van der Waals surface area contributed by atoms with Gasteiger partial charge in [0.25, 0.3) is 0 Å². The van der Waals surface area contributed by atoms with Crippen molar-refractivity contribution < 1.29 is 14.6 Å². The molecular weight excluding hydrogens is 206 g/mol. The van der Waals surface area contributed by atoms with Gasteiger partial charge in [0.1, 0.15) is 5.76 Å². The first-order valence-electron chi connectivity index (χ1n) is 5.67. The van der Waals surface area contributed by atoms with Gasteiger partial charge < -0.3 is 19.9 Å². The van der Waals surface area contributed by atoms with E-state index in [1.165, 1.54) is 0 Å². The maximum absolute atomic E-state index is 9.31. The van der Waals surface area contributed by atoms with Crippen molar-refractivity contribution in [3.05, 3.63) is 24.2 Å². The van der Waals surface area contributed by atoms with Gasteiger partial charge in [0, 0.05) is 12.5 Å². The normalized spacial score (nSPS) is 14.0. The molecule has 1 rings (SSSR count). The predicted octanol–water partition coefficient (Wildman–Crippen LogP) is 0.934. The van der Waals surface area contributed by atoms with E-state index < -0.39 is 5.54 Å². The van der Waals surface area contributed by atoms with Crippen molar-refractivity contribution in [3.63, 3.8) is 0 Å². The van der Waals surface area contributed by atoms with Crippen LogP contribution in [0.1, 0.15) is 26.0 Å². The third-order valence-electron chi connectivity index (χ3n) is 2.92. The molecule has 0 saturated heterocycles. The zero-order valence-electron chi connectivity index (χ0n) is 9.94. The lowest BCUT2D eigenvalue weighted by Gasteiger charge is -2.33. The summed E-state index contributed by atoms with van der Waals surface area (Å²) in [5.41, 5.74) is -0.591. The Morgan fingerprint density at radius 2 is 2.12 bits per heavy atom. The van der Waals surface area contributed by atoms with Crippen LogP contribution >= 0.6 is 0 Å². The topological polar surface area (TPSA) is 65.6 Å². The van der Waals surface area contributed by atoms with E-state index in [-0.39, 0.29) is 19.3 Å². The Morgan fingerprint density at radius 1 is 1.44 bits per heavy atom. The molecule has 16 heavy (non-hydrogen) atoms. The van der Waals surface area contributed by atoms with Crippen LogP contribution in [-0.4, -0.2) is 35.0 Å². The maximum atomic E-state index is 9.31. The first-order valence-corrected chi connectivity index (χ1v) is 5.67. The average molecular weight is 227 g/mol. The van der Waals surface area contributed by atoms with Gasteiger partial charge >= 0.3 is 0 Å². The van der Waals surface area contributed by atoms with E-state index in [1.54, 1.807) is 6.26 Å². The molecule has 1 aromatic heterocycles. The summed E-state index contributed by atoms with van der Waals surface area (Å²) < 4.78 is 5.25. The fourth-order valence-electron chi connectivity index (χ4n) is 1.77. The highest BCUT2D eigenvalue weighted by Gasteiger charge is 2.28. The molecule has 0 bridgehead atoms. The summed E-state index contributed by atoms with van der Waals surface area (Å²) in [6.07, 6.45) is 3.07. The van der Waals surface area contributed by atoms with E-state index in [1.807, 2.05) is 26.0 Å². The fourth-order valence-corrected chi connectivity index (χ4v) is 1.77. The van der Waals surface area contributed by atoms with E-state index >= 15 is 0 Å². The van der Waals surface area contributed by atoms with Gasteiger partial charge in [-0.25, -0.2) is 0 Å². The summed E-state index contributed by atoms with van der Waals surface area (Å²) in [5.74, 6) is 0.904. The van der Waals surface area contributed by atoms with Crippen LogP contribution in [-0.2, 0) is 6.42 Å². The van der Waals surface area contributed by atoms with Crippen molar-refractivity contribution in [1.82, 2.24) is 5.32 Å². The molecule has 0 fully saturated rings. The summed E-state index contributed by atoms with van der Waals surface area (Å²) in [7, 11) is 0. The number of aliphatic hydroxyl groups is 2. The van der Waals surface area contributed by atoms with Crippen LogP contribution in [0.25, 0.3) is 0 Å². The third kappa shape index (κ3) is 3.33. The molecule has 0 aliphatic heterocycles. The summed E-state index contributed by atoms with van der Waals surface area (Å²) in [6.45, 7) is 3.82. The quantitative estimate of drug-likeness (QED) is 0.648. The number of rotatable bonds is 7. The molecule has 1 aromatic rings. The zero-order chi connectivity index (χ0) is 12.0. The Balaban J connectivity index is 2.51. The second-order valence-electron chi connectivity index (χ2n) is 4.28. The molecular formula is C12H21NO3. The van der Waals surface area contributed by atoms with E-state index in [9.17, 15) is 10.2 Å². The van der Waals surface area contributed by atoms with Crippen molar-refractivity contribution >= 4 is 0 Å². The minimum atomic E-state index is -0.591. The Kier molecular flexibility index (Phi) is 4.99. The van der Waals surface area contributed by atoms with Crippen LogP contribution in [0.2, 0.25) is 0 Å². The molecule has 1 unspecified atom stereocenters. The Bertz CT molecular complexity index is 272. The number of aliphatic hydroxyl groups excluding tert-OH is 2. The molecule has 1 heterocycles. The van der Waals surface area contributed by atoms with Crippen molar-refractivity contribution in [2.45, 2.75) is 38.3 Å². The molecule has 4 nitrogen and oxygen atoms in total. The molecule has 0 aliphatic rings. The van der Waals surface area contributed by atoms with Crippen LogP contribution in [0.4, 0.5) is 0 Å². The largest absolute Gasteiger partial charge is 0.469 e. The van der Waals surface area contributed by atoms with Gasteiger partial charge in [-0.1, -0.05) is 6.92 Å². The molecule has 92 valence electrons. The summed E-state index contributed by atoms with van der Waals surface area (Å²) in [4.78, 5) is 0. The lowest BCUT2D eigenvalue weighted by Crippen LogP contribution is -2.55. The van der Waals surface area contributed by atoms with Crippen molar-refractivity contribution in [2.24, 2.45) is 0 Å². The van der Waals surface area contributed by atoms with E-state index in [2.05, 4.69) is 5.32 Å². The van der Waals surface area contributed by atoms with Crippen LogP contribution < -0.4 is 5.32 Å². The lowest BCUT2D eigenvalue weighted by atomic mass is 9.96. The first-order chi connectivity index (χ1) is 7.65. The number of furan rings is 1. The maximum Gasteiger partial charge on any atom is 0.105 e. The number of hydrogen-bond donors (Lipinski definition) is 3. The Labute approximate surface area is 96.3 Å². The molecule has 0 aliphatic carbocycles. The standard InChI is InChI=1S/C12H21NO3/c1-3-12(8-14,9-15)13-10(2)7-11-5-4-6-16-11/h4-6,10,13-15H,3,7-9H2,1-2H3. The van der Waals surface area contributed by atoms with E-state index in [4.69, 9.17) is 4.42 Å². The van der Waals surface area contributed by atoms with Gasteiger partial charge in [-0.05, 0) is 25.5 Å². The van der Waals surface area contributed by atoms with Gasteiger partial charge in [0.2, 0.25) is 0 Å². The van der Waals surface area contributed by atoms with Crippen molar-refractivity contribution in [1.29, 1.82) is 0 Å². The van der Waals surface area contributed by atoms with Gasteiger partial charge in [-0.2, -0.15) is 0 Å². The average Bonchev–Trinajstić information content (AvgIpc) is 2.79. The smallest absolute Gasteiger partial charge is 0.105 e. The van der Waals surface area contributed by atoms with Crippen molar-refractivity contribution in [2.75, 3.05) is 13.2 Å². The van der Waals surface area contributed by atoms with Gasteiger partial charge in [-0.15, -0.1) is 0 Å². The minimum Gasteiger partial charge on any atom is -0.469 e. The molecule has 0 radical (unpaired) electrons. The molecule has 4 heteroatoms. The molecule has 3 N–H and O–H groups in total. The fraction of sp³-hybridized carbons (Fsp3) is 0.667. The predicted molar refractivity (Wildman–Crippen MR) is 62.2 cm³/mol. The highest BCUT2D eigenvalue weighted by molar-refractivity contribution is 5.01. The highest BCUT2D eigenvalue weighted by atomic mass is 16.3. The van der Waals surface area contributed by atoms with E-state index in [0.717, 1.165) is 12.2 Å². The SMILES string of the molecule is CCC(CO)(CO)NC(C)Cc1ccco1. The van der Waals surface area contributed by atoms with Gasteiger partial charge in [0.05, 0.1) is 25.0 Å². The number of nitrogens with one attached hydrogen (secondary N) is 1. The van der Waals surface area contributed by atoms with Crippen LogP contribution in [0.15, 0.2) is 22.8 Å². The molecule has 0 spiro atoms.